The van der Waals surface area contributed by atoms with Gasteiger partial charge >= 0.3 is 0 Å². The number of amides is 1. The number of nitrogens with zero attached hydrogens (tertiary/aromatic N) is 1. The molecule has 0 saturated heterocycles. The molecule has 0 spiro atoms. The molecule has 156 valence electrons. The Labute approximate surface area is 172 Å². The van der Waals surface area contributed by atoms with Crippen LogP contribution in [0.4, 0.5) is 5.69 Å². The van der Waals surface area contributed by atoms with E-state index in [0.29, 0.717) is 23.4 Å². The van der Waals surface area contributed by atoms with Crippen LogP contribution in [0.2, 0.25) is 0 Å². The molecule has 3 aromatic rings. The lowest BCUT2D eigenvalue weighted by atomic mass is 9.90. The van der Waals surface area contributed by atoms with Crippen LogP contribution in [0, 0.1) is 0 Å². The molecule has 2 aromatic heterocycles. The summed E-state index contributed by atoms with van der Waals surface area (Å²) in [6, 6.07) is 7.02. The second kappa shape index (κ2) is 8.36. The van der Waals surface area contributed by atoms with Crippen molar-refractivity contribution in [2.45, 2.75) is 39.5 Å². The minimum Gasteiger partial charge on any atom is -0.348 e. The molecule has 2 heterocycles. The van der Waals surface area contributed by atoms with Crippen LogP contribution in [0.15, 0.2) is 40.2 Å². The van der Waals surface area contributed by atoms with E-state index in [1.54, 1.807) is 49.7 Å². The third kappa shape index (κ3) is 4.83. The zero-order valence-corrected chi connectivity index (χ0v) is 17.4. The SMILES string of the molecule is CCC(=O)Nc1cccc(/C=c2\[nH]c(=O)/c(=C/c3nc[nH]c3C(C)(C)C)[nH]c2=O)c1. The van der Waals surface area contributed by atoms with Gasteiger partial charge in [0.25, 0.3) is 11.1 Å². The van der Waals surface area contributed by atoms with Crippen molar-refractivity contribution in [3.63, 3.8) is 0 Å². The smallest absolute Gasteiger partial charge is 0.272 e. The molecule has 4 N–H and O–H groups in total. The monoisotopic (exact) mass is 407 g/mol. The van der Waals surface area contributed by atoms with E-state index in [-0.39, 0.29) is 22.0 Å². The molecule has 1 amide bonds. The lowest BCUT2D eigenvalue weighted by molar-refractivity contribution is -0.115. The number of imidazole rings is 1. The first-order chi connectivity index (χ1) is 14.2. The van der Waals surface area contributed by atoms with Gasteiger partial charge in [0.1, 0.15) is 10.7 Å². The van der Waals surface area contributed by atoms with Gasteiger partial charge in [0.05, 0.1) is 12.0 Å². The lowest BCUT2D eigenvalue weighted by Crippen LogP contribution is -2.46. The highest BCUT2D eigenvalue weighted by atomic mass is 16.2. The fourth-order valence-corrected chi connectivity index (χ4v) is 2.97. The number of nitrogens with one attached hydrogen (secondary N) is 4. The zero-order valence-electron chi connectivity index (χ0n) is 17.4. The Hall–Kier alpha value is -3.68. The molecule has 0 aliphatic rings. The largest absolute Gasteiger partial charge is 0.348 e. The molecule has 0 radical (unpaired) electrons. The van der Waals surface area contributed by atoms with Gasteiger partial charge in [-0.3, -0.25) is 14.4 Å². The summed E-state index contributed by atoms with van der Waals surface area (Å²) in [6.07, 6.45) is 5.04. The van der Waals surface area contributed by atoms with Gasteiger partial charge < -0.3 is 20.3 Å². The maximum atomic E-state index is 12.5. The van der Waals surface area contributed by atoms with Crippen LogP contribution >= 0.6 is 0 Å². The topological polar surface area (TPSA) is 123 Å². The van der Waals surface area contributed by atoms with E-state index in [9.17, 15) is 14.4 Å². The molecule has 0 fully saturated rings. The first-order valence-corrected chi connectivity index (χ1v) is 9.67. The molecular weight excluding hydrogens is 382 g/mol. The Morgan fingerprint density at radius 3 is 2.40 bits per heavy atom. The Morgan fingerprint density at radius 1 is 1.10 bits per heavy atom. The second-order valence-electron chi connectivity index (χ2n) is 7.96. The maximum absolute atomic E-state index is 12.5. The van der Waals surface area contributed by atoms with Crippen molar-refractivity contribution >= 4 is 23.7 Å². The van der Waals surface area contributed by atoms with E-state index in [4.69, 9.17) is 0 Å². The third-order valence-corrected chi connectivity index (χ3v) is 4.49. The van der Waals surface area contributed by atoms with Crippen LogP contribution in [-0.4, -0.2) is 25.8 Å². The van der Waals surface area contributed by atoms with Gasteiger partial charge in [0.2, 0.25) is 5.91 Å². The average Bonchev–Trinajstić information content (AvgIpc) is 3.14. The summed E-state index contributed by atoms with van der Waals surface area (Å²) in [6.45, 7) is 7.85. The molecule has 8 heteroatoms. The second-order valence-corrected chi connectivity index (χ2v) is 7.96. The molecule has 8 nitrogen and oxygen atoms in total. The molecule has 3 rings (SSSR count). The summed E-state index contributed by atoms with van der Waals surface area (Å²) in [4.78, 5) is 49.2. The van der Waals surface area contributed by atoms with Gasteiger partial charge in [-0.1, -0.05) is 39.8 Å². The fraction of sp³-hybridized carbons (Fsp3) is 0.273. The van der Waals surface area contributed by atoms with Crippen LogP contribution in [-0.2, 0) is 10.2 Å². The lowest BCUT2D eigenvalue weighted by Gasteiger charge is -2.16. The number of benzene rings is 1. The standard InChI is InChI=1S/C22H25N5O3/c1-5-18(28)25-14-8-6-7-13(9-14)10-16-20(29)27-17(21(30)26-16)11-15-19(22(2,3)4)24-12-23-15/h6-12H,5H2,1-4H3,(H,23,24)(H,25,28)(H,26,30)(H,27,29)/b16-10-,17-11-. The predicted octanol–water partition coefficient (Wildman–Crippen LogP) is 1.09. The molecule has 0 bridgehead atoms. The van der Waals surface area contributed by atoms with E-state index in [1.165, 1.54) is 0 Å². The number of carbonyl (C=O) groups is 1. The number of hydrogen-bond donors (Lipinski definition) is 4. The fourth-order valence-electron chi connectivity index (χ4n) is 2.97. The van der Waals surface area contributed by atoms with E-state index >= 15 is 0 Å². The Bertz CT molecular complexity index is 1310. The normalized spacial score (nSPS) is 12.9. The van der Waals surface area contributed by atoms with Gasteiger partial charge in [0, 0.05) is 23.2 Å². The van der Waals surface area contributed by atoms with Crippen molar-refractivity contribution in [1.82, 2.24) is 19.9 Å². The van der Waals surface area contributed by atoms with Crippen molar-refractivity contribution in [3.8, 4) is 0 Å². The van der Waals surface area contributed by atoms with Crippen LogP contribution < -0.4 is 27.1 Å². The van der Waals surface area contributed by atoms with Crippen molar-refractivity contribution < 1.29 is 4.79 Å². The summed E-state index contributed by atoms with van der Waals surface area (Å²) < 4.78 is 0. The van der Waals surface area contributed by atoms with Crippen molar-refractivity contribution in [2.24, 2.45) is 0 Å². The highest BCUT2D eigenvalue weighted by Gasteiger charge is 2.19. The first kappa shape index (κ1) is 21.0. The molecule has 0 aliphatic heterocycles. The summed E-state index contributed by atoms with van der Waals surface area (Å²) in [5, 5.41) is 3.01. The highest BCUT2D eigenvalue weighted by Crippen LogP contribution is 2.22. The summed E-state index contributed by atoms with van der Waals surface area (Å²) in [7, 11) is 0. The number of carbonyl (C=O) groups excluding carboxylic acids is 1. The van der Waals surface area contributed by atoms with Gasteiger partial charge in [-0.25, -0.2) is 4.98 Å². The van der Waals surface area contributed by atoms with Crippen LogP contribution in [0.1, 0.15) is 51.1 Å². The maximum Gasteiger partial charge on any atom is 0.272 e. The number of hydrogen-bond acceptors (Lipinski definition) is 4. The number of anilines is 1. The molecule has 0 unspecified atom stereocenters. The minimum atomic E-state index is -0.434. The van der Waals surface area contributed by atoms with Crippen LogP contribution in [0.5, 0.6) is 0 Å². The van der Waals surface area contributed by atoms with Crippen molar-refractivity contribution in [2.75, 3.05) is 5.32 Å². The molecule has 0 saturated carbocycles. The van der Waals surface area contributed by atoms with Gasteiger partial charge in [-0.15, -0.1) is 0 Å². The Morgan fingerprint density at radius 2 is 1.77 bits per heavy atom. The van der Waals surface area contributed by atoms with Gasteiger partial charge in [0.15, 0.2) is 0 Å². The van der Waals surface area contributed by atoms with E-state index < -0.39 is 11.1 Å². The number of H-pyrrole nitrogens is 3. The third-order valence-electron chi connectivity index (χ3n) is 4.49. The Balaban J connectivity index is 2.04. The predicted molar refractivity (Wildman–Crippen MR) is 117 cm³/mol. The quantitative estimate of drug-likeness (QED) is 0.517. The van der Waals surface area contributed by atoms with Gasteiger partial charge in [-0.05, 0) is 29.8 Å². The van der Waals surface area contributed by atoms with Crippen molar-refractivity contribution in [3.05, 3.63) is 78.9 Å². The van der Waals surface area contributed by atoms with E-state index in [0.717, 1.165) is 5.69 Å². The number of rotatable bonds is 4. The van der Waals surface area contributed by atoms with Gasteiger partial charge in [-0.2, -0.15) is 0 Å². The molecule has 30 heavy (non-hydrogen) atoms. The van der Waals surface area contributed by atoms with E-state index in [1.807, 2.05) is 20.8 Å². The Kier molecular flexibility index (Phi) is 5.86. The average molecular weight is 407 g/mol. The molecule has 1 aromatic carbocycles. The summed E-state index contributed by atoms with van der Waals surface area (Å²) in [5.41, 5.74) is 1.69. The summed E-state index contributed by atoms with van der Waals surface area (Å²) in [5.74, 6) is -0.105. The molecule has 0 atom stereocenters. The molecular formula is C22H25N5O3. The summed E-state index contributed by atoms with van der Waals surface area (Å²) >= 11 is 0. The molecule has 0 aliphatic carbocycles. The number of aromatic amines is 3. The van der Waals surface area contributed by atoms with Crippen LogP contribution in [0.25, 0.3) is 12.2 Å². The highest BCUT2D eigenvalue weighted by molar-refractivity contribution is 5.90. The van der Waals surface area contributed by atoms with Crippen molar-refractivity contribution in [1.29, 1.82) is 0 Å². The first-order valence-electron chi connectivity index (χ1n) is 9.67. The zero-order chi connectivity index (χ0) is 21.9. The van der Waals surface area contributed by atoms with E-state index in [2.05, 4.69) is 25.3 Å². The number of aromatic nitrogens is 4. The van der Waals surface area contributed by atoms with Crippen LogP contribution in [0.3, 0.4) is 0 Å². The minimum absolute atomic E-state index is 0.105.